The van der Waals surface area contributed by atoms with E-state index in [1.165, 1.54) is 0 Å². The smallest absolute Gasteiger partial charge is 0.415 e. The molecular formula is C19H15O3P. The van der Waals surface area contributed by atoms with Crippen molar-refractivity contribution < 1.29 is 13.6 Å². The average molecular weight is 322 g/mol. The van der Waals surface area contributed by atoms with Crippen LogP contribution in [-0.2, 0) is 4.57 Å². The Balaban J connectivity index is 1.87. The first-order chi connectivity index (χ1) is 11.2. The predicted octanol–water partition coefficient (Wildman–Crippen LogP) is 5.42. The maximum atomic E-state index is 13.2. The van der Waals surface area contributed by atoms with Crippen LogP contribution in [0.25, 0.3) is 0 Å². The van der Waals surface area contributed by atoms with Gasteiger partial charge in [0.25, 0.3) is 0 Å². The Labute approximate surface area is 136 Å². The van der Waals surface area contributed by atoms with Crippen molar-refractivity contribution >= 4 is 7.60 Å². The molecule has 3 rings (SSSR count). The van der Waals surface area contributed by atoms with Crippen LogP contribution in [0.15, 0.2) is 91.0 Å². The Hall–Kier alpha value is -2.51. The van der Waals surface area contributed by atoms with E-state index in [1.807, 2.05) is 54.6 Å². The van der Waals surface area contributed by atoms with Gasteiger partial charge in [-0.1, -0.05) is 66.7 Å². The molecule has 0 amide bonds. The predicted molar refractivity (Wildman–Crippen MR) is 90.5 cm³/mol. The second-order valence-electron chi connectivity index (χ2n) is 4.78. The molecule has 3 aromatic rings. The minimum Gasteiger partial charge on any atom is -0.415 e. The summed E-state index contributed by atoms with van der Waals surface area (Å²) in [7, 11) is -3.64. The first-order valence-electron chi connectivity index (χ1n) is 7.16. The van der Waals surface area contributed by atoms with E-state index in [2.05, 4.69) is 6.16 Å². The molecule has 3 aromatic carbocycles. The minimum atomic E-state index is -3.64. The van der Waals surface area contributed by atoms with Gasteiger partial charge in [0.2, 0.25) is 0 Å². The van der Waals surface area contributed by atoms with Gasteiger partial charge in [0.15, 0.2) is 6.16 Å². The quantitative estimate of drug-likeness (QED) is 0.568. The van der Waals surface area contributed by atoms with Crippen molar-refractivity contribution in [1.29, 1.82) is 0 Å². The fraction of sp³-hybridized carbons (Fsp3) is 0. The molecular weight excluding hydrogens is 307 g/mol. The van der Waals surface area contributed by atoms with Crippen molar-refractivity contribution in [2.45, 2.75) is 0 Å². The molecule has 0 spiro atoms. The summed E-state index contributed by atoms with van der Waals surface area (Å²) in [6.45, 7) is 0. The summed E-state index contributed by atoms with van der Waals surface area (Å²) in [6.07, 6.45) is 2.86. The summed E-state index contributed by atoms with van der Waals surface area (Å²) in [5.74, 6) is 0.936. The number of benzene rings is 3. The van der Waals surface area contributed by atoms with Crippen LogP contribution < -0.4 is 9.05 Å². The summed E-state index contributed by atoms with van der Waals surface area (Å²) in [4.78, 5) is 0. The van der Waals surface area contributed by atoms with E-state index < -0.39 is 7.60 Å². The summed E-state index contributed by atoms with van der Waals surface area (Å²) in [6, 6.07) is 27.1. The number of para-hydroxylation sites is 2. The SMILES string of the molecule is O=P([C]c1ccccc1)(Oc1ccccc1)Oc1ccccc1. The highest BCUT2D eigenvalue weighted by atomic mass is 31.2. The van der Waals surface area contributed by atoms with Gasteiger partial charge in [0.05, 0.1) is 0 Å². The van der Waals surface area contributed by atoms with E-state index in [1.54, 1.807) is 36.4 Å². The first kappa shape index (κ1) is 15.4. The highest BCUT2D eigenvalue weighted by Gasteiger charge is 2.30. The van der Waals surface area contributed by atoms with Crippen LogP contribution in [-0.4, -0.2) is 0 Å². The molecule has 0 saturated heterocycles. The van der Waals surface area contributed by atoms with Gasteiger partial charge in [0, 0.05) is 0 Å². The Kier molecular flexibility index (Phi) is 4.80. The van der Waals surface area contributed by atoms with Crippen molar-refractivity contribution in [3.05, 3.63) is 103 Å². The summed E-state index contributed by atoms with van der Waals surface area (Å²) in [5.41, 5.74) is 0.655. The molecule has 2 radical (unpaired) electrons. The van der Waals surface area contributed by atoms with Gasteiger partial charge >= 0.3 is 7.60 Å². The molecule has 0 fully saturated rings. The molecule has 0 aliphatic heterocycles. The number of hydrogen-bond acceptors (Lipinski definition) is 3. The second kappa shape index (κ2) is 7.17. The van der Waals surface area contributed by atoms with Crippen LogP contribution in [0.2, 0.25) is 0 Å². The van der Waals surface area contributed by atoms with Gasteiger partial charge in [-0.25, -0.2) is 4.57 Å². The van der Waals surface area contributed by atoms with Crippen LogP contribution in [0.1, 0.15) is 5.56 Å². The lowest BCUT2D eigenvalue weighted by molar-refractivity contribution is 0.394. The van der Waals surface area contributed by atoms with E-state index in [-0.39, 0.29) is 0 Å². The lowest BCUT2D eigenvalue weighted by Gasteiger charge is -2.19. The monoisotopic (exact) mass is 322 g/mol. The van der Waals surface area contributed by atoms with Gasteiger partial charge in [0.1, 0.15) is 11.5 Å². The lowest BCUT2D eigenvalue weighted by atomic mass is 10.2. The van der Waals surface area contributed by atoms with Gasteiger partial charge in [-0.15, -0.1) is 0 Å². The van der Waals surface area contributed by atoms with Crippen LogP contribution in [0, 0.1) is 6.16 Å². The molecule has 3 nitrogen and oxygen atoms in total. The van der Waals surface area contributed by atoms with Crippen LogP contribution >= 0.6 is 7.60 Å². The third kappa shape index (κ3) is 4.48. The fourth-order valence-electron chi connectivity index (χ4n) is 1.98. The molecule has 0 aliphatic rings. The highest BCUT2D eigenvalue weighted by Crippen LogP contribution is 2.52. The molecule has 0 unspecified atom stereocenters. The Morgan fingerprint density at radius 3 is 1.43 bits per heavy atom. The van der Waals surface area contributed by atoms with Crippen LogP contribution in [0.4, 0.5) is 0 Å². The van der Waals surface area contributed by atoms with Gasteiger partial charge in [-0.2, -0.15) is 0 Å². The van der Waals surface area contributed by atoms with Gasteiger partial charge < -0.3 is 9.05 Å². The van der Waals surface area contributed by atoms with E-state index >= 15 is 0 Å². The summed E-state index contributed by atoms with van der Waals surface area (Å²) in [5, 5.41) is 0. The van der Waals surface area contributed by atoms with Crippen molar-refractivity contribution in [2.75, 3.05) is 0 Å². The molecule has 0 saturated carbocycles. The third-order valence-electron chi connectivity index (χ3n) is 2.98. The molecule has 0 bridgehead atoms. The highest BCUT2D eigenvalue weighted by molar-refractivity contribution is 7.57. The molecule has 0 N–H and O–H groups in total. The lowest BCUT2D eigenvalue weighted by Crippen LogP contribution is -2.02. The third-order valence-corrected chi connectivity index (χ3v) is 4.41. The molecule has 114 valence electrons. The first-order valence-corrected chi connectivity index (χ1v) is 8.70. The zero-order chi connectivity index (χ0) is 16.0. The Morgan fingerprint density at radius 2 is 1.00 bits per heavy atom. The standard InChI is InChI=1S/C19H15O3P/c20-23(16-17-10-4-1-5-11-17,21-18-12-6-2-7-13-18)22-19-14-8-3-9-15-19/h1-15H. The average Bonchev–Trinajstić information content (AvgIpc) is 2.57. The molecule has 0 heterocycles. The zero-order valence-corrected chi connectivity index (χ0v) is 13.2. The van der Waals surface area contributed by atoms with Crippen molar-refractivity contribution in [3.8, 4) is 11.5 Å². The van der Waals surface area contributed by atoms with Crippen LogP contribution in [0.5, 0.6) is 11.5 Å². The number of rotatable bonds is 6. The topological polar surface area (TPSA) is 35.5 Å². The molecule has 0 aliphatic carbocycles. The van der Waals surface area contributed by atoms with E-state index in [4.69, 9.17) is 9.05 Å². The Morgan fingerprint density at radius 1 is 0.609 bits per heavy atom. The number of hydrogen-bond donors (Lipinski definition) is 0. The largest absolute Gasteiger partial charge is 0.444 e. The molecule has 0 atom stereocenters. The van der Waals surface area contributed by atoms with E-state index in [0.29, 0.717) is 17.1 Å². The zero-order valence-electron chi connectivity index (χ0n) is 12.3. The molecule has 0 aromatic heterocycles. The maximum absolute atomic E-state index is 13.2. The maximum Gasteiger partial charge on any atom is 0.444 e. The van der Waals surface area contributed by atoms with Gasteiger partial charge in [-0.3, -0.25) is 0 Å². The van der Waals surface area contributed by atoms with E-state index in [9.17, 15) is 4.57 Å². The summed E-state index contributed by atoms with van der Waals surface area (Å²) < 4.78 is 24.4. The summed E-state index contributed by atoms with van der Waals surface area (Å²) >= 11 is 0. The normalized spacial score (nSPS) is 11.0. The fourth-order valence-corrected chi connectivity index (χ4v) is 3.37. The van der Waals surface area contributed by atoms with E-state index in [0.717, 1.165) is 0 Å². The van der Waals surface area contributed by atoms with Crippen LogP contribution in [0.3, 0.4) is 0 Å². The van der Waals surface area contributed by atoms with Crippen molar-refractivity contribution in [1.82, 2.24) is 0 Å². The minimum absolute atomic E-state index is 0.468. The molecule has 4 heteroatoms. The van der Waals surface area contributed by atoms with Crippen molar-refractivity contribution in [3.63, 3.8) is 0 Å². The Bertz CT molecular complexity index is 665. The van der Waals surface area contributed by atoms with Crippen molar-refractivity contribution in [2.24, 2.45) is 0 Å². The second-order valence-corrected chi connectivity index (χ2v) is 6.37. The van der Waals surface area contributed by atoms with Gasteiger partial charge in [-0.05, 0) is 29.8 Å². The molecule has 23 heavy (non-hydrogen) atoms.